The van der Waals surface area contributed by atoms with Crippen molar-refractivity contribution < 1.29 is 19.1 Å². The van der Waals surface area contributed by atoms with Crippen LogP contribution < -0.4 is 20.1 Å². The number of carbonyl (C=O) groups excluding carboxylic acids is 2. The molecular weight excluding hydrogens is 272 g/mol. The van der Waals surface area contributed by atoms with Gasteiger partial charge in [-0.3, -0.25) is 9.59 Å². The van der Waals surface area contributed by atoms with Crippen molar-refractivity contribution in [2.45, 2.75) is 32.7 Å². The number of carbonyl (C=O) groups is 2. The van der Waals surface area contributed by atoms with E-state index in [0.29, 0.717) is 18.0 Å². The maximum atomic E-state index is 11.6. The summed E-state index contributed by atoms with van der Waals surface area (Å²) in [5, 5.41) is 5.18. The third-order valence-corrected chi connectivity index (χ3v) is 3.16. The molecule has 0 bridgehead atoms. The maximum Gasteiger partial charge on any atom is 0.309 e. The summed E-state index contributed by atoms with van der Waals surface area (Å²) in [4.78, 5) is 23.2. The third-order valence-electron chi connectivity index (χ3n) is 3.16. The smallest absolute Gasteiger partial charge is 0.309 e. The summed E-state index contributed by atoms with van der Waals surface area (Å²) < 4.78 is 10.5. The molecule has 0 saturated heterocycles. The Labute approximate surface area is 123 Å². The van der Waals surface area contributed by atoms with Crippen LogP contribution in [-0.2, 0) is 16.1 Å². The van der Waals surface area contributed by atoms with Crippen LogP contribution in [0, 0.1) is 0 Å². The Morgan fingerprint density at radius 2 is 1.86 bits per heavy atom. The van der Waals surface area contributed by atoms with Crippen molar-refractivity contribution in [2.24, 2.45) is 0 Å². The number of amides is 2. The lowest BCUT2D eigenvalue weighted by molar-refractivity contribution is -0.139. The van der Waals surface area contributed by atoms with E-state index in [-0.39, 0.29) is 13.3 Å². The van der Waals surface area contributed by atoms with Crippen LogP contribution in [0.15, 0.2) is 18.2 Å². The molecule has 6 nitrogen and oxygen atoms in total. The molecule has 0 radical (unpaired) electrons. The fourth-order valence-electron chi connectivity index (χ4n) is 1.97. The lowest BCUT2D eigenvalue weighted by atomic mass is 10.2. The molecule has 0 aromatic heterocycles. The average molecular weight is 292 g/mol. The van der Waals surface area contributed by atoms with Gasteiger partial charge in [-0.1, -0.05) is 25.8 Å². The Bertz CT molecular complexity index is 516. The van der Waals surface area contributed by atoms with Crippen LogP contribution in [0.4, 0.5) is 0 Å². The number of hydrogen-bond donors (Lipinski definition) is 2. The van der Waals surface area contributed by atoms with Crippen molar-refractivity contribution in [2.75, 3.05) is 13.3 Å². The predicted octanol–water partition coefficient (Wildman–Crippen LogP) is 1.34. The highest BCUT2D eigenvalue weighted by molar-refractivity contribution is 6.35. The van der Waals surface area contributed by atoms with Crippen LogP contribution in [0.5, 0.6) is 11.5 Å². The molecule has 1 heterocycles. The summed E-state index contributed by atoms with van der Waals surface area (Å²) in [7, 11) is 0. The molecule has 0 aliphatic carbocycles. The van der Waals surface area contributed by atoms with E-state index in [1.165, 1.54) is 0 Å². The number of hydrogen-bond acceptors (Lipinski definition) is 4. The van der Waals surface area contributed by atoms with Gasteiger partial charge in [0.05, 0.1) is 0 Å². The van der Waals surface area contributed by atoms with Crippen molar-refractivity contribution in [1.82, 2.24) is 10.6 Å². The molecule has 114 valence electrons. The number of ether oxygens (including phenoxy) is 2. The van der Waals surface area contributed by atoms with E-state index in [4.69, 9.17) is 9.47 Å². The lowest BCUT2D eigenvalue weighted by Crippen LogP contribution is -2.39. The summed E-state index contributed by atoms with van der Waals surface area (Å²) in [6, 6.07) is 5.41. The van der Waals surface area contributed by atoms with Crippen LogP contribution >= 0.6 is 0 Å². The Kier molecular flexibility index (Phi) is 5.43. The van der Waals surface area contributed by atoms with Crippen LogP contribution in [0.1, 0.15) is 31.7 Å². The van der Waals surface area contributed by atoms with E-state index >= 15 is 0 Å². The van der Waals surface area contributed by atoms with E-state index in [9.17, 15) is 9.59 Å². The first-order valence-electron chi connectivity index (χ1n) is 7.15. The molecule has 0 unspecified atom stereocenters. The Morgan fingerprint density at radius 1 is 1.10 bits per heavy atom. The normalized spacial score (nSPS) is 12.0. The summed E-state index contributed by atoms with van der Waals surface area (Å²) in [6.07, 6.45) is 3.00. The zero-order chi connectivity index (χ0) is 15.1. The molecule has 2 N–H and O–H groups in total. The first-order chi connectivity index (χ1) is 10.2. The zero-order valence-corrected chi connectivity index (χ0v) is 12.1. The first-order valence-corrected chi connectivity index (χ1v) is 7.15. The van der Waals surface area contributed by atoms with E-state index in [1.807, 2.05) is 6.07 Å². The lowest BCUT2D eigenvalue weighted by Gasteiger charge is -2.07. The Hall–Kier alpha value is -2.24. The molecule has 1 aromatic carbocycles. The summed E-state index contributed by atoms with van der Waals surface area (Å²) in [5.74, 6) is 0.139. The van der Waals surface area contributed by atoms with Crippen LogP contribution in [0.2, 0.25) is 0 Å². The standard InChI is InChI=1S/C15H20N2O4/c1-2-3-4-7-16-14(18)15(19)17-9-11-5-6-12-13(8-11)21-10-20-12/h5-6,8H,2-4,7,9-10H2,1H3,(H,16,18)(H,17,19). The zero-order valence-electron chi connectivity index (χ0n) is 12.1. The SMILES string of the molecule is CCCCCNC(=O)C(=O)NCc1ccc2c(c1)OCO2. The van der Waals surface area contributed by atoms with Crippen LogP contribution in [0.3, 0.4) is 0 Å². The van der Waals surface area contributed by atoms with Crippen molar-refractivity contribution in [3.05, 3.63) is 23.8 Å². The minimum atomic E-state index is -0.621. The molecule has 0 saturated carbocycles. The van der Waals surface area contributed by atoms with Gasteiger partial charge in [-0.25, -0.2) is 0 Å². The minimum absolute atomic E-state index is 0.214. The molecular formula is C15H20N2O4. The first kappa shape index (κ1) is 15.2. The van der Waals surface area contributed by atoms with Crippen molar-refractivity contribution in [3.63, 3.8) is 0 Å². The quantitative estimate of drug-likeness (QED) is 0.613. The van der Waals surface area contributed by atoms with Gasteiger partial charge in [0.25, 0.3) is 0 Å². The van der Waals surface area contributed by atoms with Gasteiger partial charge in [-0.05, 0) is 24.1 Å². The predicted molar refractivity (Wildman–Crippen MR) is 76.9 cm³/mol. The van der Waals surface area contributed by atoms with Gasteiger partial charge >= 0.3 is 11.8 Å². The van der Waals surface area contributed by atoms with Gasteiger partial charge in [-0.15, -0.1) is 0 Å². The van der Waals surface area contributed by atoms with Gasteiger partial charge in [0.15, 0.2) is 11.5 Å². The van der Waals surface area contributed by atoms with E-state index in [1.54, 1.807) is 12.1 Å². The molecule has 0 fully saturated rings. The second-order valence-electron chi connectivity index (χ2n) is 4.83. The van der Waals surface area contributed by atoms with Crippen LogP contribution in [0.25, 0.3) is 0 Å². The van der Waals surface area contributed by atoms with E-state index < -0.39 is 11.8 Å². The number of rotatable bonds is 6. The van der Waals surface area contributed by atoms with Crippen LogP contribution in [-0.4, -0.2) is 25.2 Å². The fourth-order valence-corrected chi connectivity index (χ4v) is 1.97. The molecule has 1 aliphatic heterocycles. The summed E-state index contributed by atoms with van der Waals surface area (Å²) in [6.45, 7) is 3.10. The maximum absolute atomic E-state index is 11.6. The number of nitrogens with one attached hydrogen (secondary N) is 2. The van der Waals surface area contributed by atoms with Gasteiger partial charge in [0.1, 0.15) is 0 Å². The Balaban J connectivity index is 1.74. The van der Waals surface area contributed by atoms with Crippen molar-refractivity contribution >= 4 is 11.8 Å². The molecule has 0 spiro atoms. The molecule has 6 heteroatoms. The summed E-state index contributed by atoms with van der Waals surface area (Å²) in [5.41, 5.74) is 0.853. The molecule has 1 aliphatic rings. The fraction of sp³-hybridized carbons (Fsp3) is 0.467. The molecule has 0 atom stereocenters. The van der Waals surface area contributed by atoms with Gasteiger partial charge in [-0.2, -0.15) is 0 Å². The number of fused-ring (bicyclic) bond motifs is 1. The van der Waals surface area contributed by atoms with E-state index in [0.717, 1.165) is 24.8 Å². The largest absolute Gasteiger partial charge is 0.454 e. The van der Waals surface area contributed by atoms with Gasteiger partial charge in [0.2, 0.25) is 6.79 Å². The topological polar surface area (TPSA) is 76.7 Å². The van der Waals surface area contributed by atoms with Gasteiger partial charge < -0.3 is 20.1 Å². The highest BCUT2D eigenvalue weighted by Gasteiger charge is 2.15. The number of unbranched alkanes of at least 4 members (excludes halogenated alkanes) is 2. The average Bonchev–Trinajstić information content (AvgIpc) is 2.96. The monoisotopic (exact) mass is 292 g/mol. The summed E-state index contributed by atoms with van der Waals surface area (Å²) >= 11 is 0. The minimum Gasteiger partial charge on any atom is -0.454 e. The van der Waals surface area contributed by atoms with Crippen molar-refractivity contribution in [1.29, 1.82) is 0 Å². The molecule has 21 heavy (non-hydrogen) atoms. The molecule has 2 rings (SSSR count). The second-order valence-corrected chi connectivity index (χ2v) is 4.83. The highest BCUT2D eigenvalue weighted by atomic mass is 16.7. The molecule has 1 aromatic rings. The Morgan fingerprint density at radius 3 is 2.67 bits per heavy atom. The second kappa shape index (κ2) is 7.52. The number of benzene rings is 1. The highest BCUT2D eigenvalue weighted by Crippen LogP contribution is 2.32. The van der Waals surface area contributed by atoms with Gasteiger partial charge in [0, 0.05) is 13.1 Å². The van der Waals surface area contributed by atoms with Crippen molar-refractivity contribution in [3.8, 4) is 11.5 Å². The molecule has 2 amide bonds. The third kappa shape index (κ3) is 4.37. The van der Waals surface area contributed by atoms with E-state index in [2.05, 4.69) is 17.6 Å².